The summed E-state index contributed by atoms with van der Waals surface area (Å²) in [4.78, 5) is 11.0. The highest BCUT2D eigenvalue weighted by Crippen LogP contribution is 2.45. The fraction of sp³-hybridized carbons (Fsp3) is 0.588. The summed E-state index contributed by atoms with van der Waals surface area (Å²) in [6, 6.07) is 5.74. The summed E-state index contributed by atoms with van der Waals surface area (Å²) >= 11 is 0. The molecule has 1 N–H and O–H groups in total. The zero-order valence-corrected chi connectivity index (χ0v) is 14.1. The Labute approximate surface area is 132 Å². The summed E-state index contributed by atoms with van der Waals surface area (Å²) in [5, 5.41) is 9.00. The molecule has 2 rings (SSSR count). The van der Waals surface area contributed by atoms with Crippen molar-refractivity contribution in [2.75, 3.05) is 6.61 Å². The van der Waals surface area contributed by atoms with Crippen LogP contribution in [-0.4, -0.2) is 30.2 Å². The van der Waals surface area contributed by atoms with Crippen molar-refractivity contribution in [3.05, 3.63) is 23.8 Å². The van der Waals surface area contributed by atoms with Gasteiger partial charge in [0.1, 0.15) is 5.75 Å². The molecule has 1 aliphatic heterocycles. The van der Waals surface area contributed by atoms with E-state index in [1.54, 1.807) is 0 Å². The van der Waals surface area contributed by atoms with Crippen molar-refractivity contribution in [2.45, 2.75) is 53.0 Å². The monoisotopic (exact) mass is 304 g/mol. The highest BCUT2D eigenvalue weighted by atomic mass is 16.5. The van der Waals surface area contributed by atoms with E-state index in [1.165, 1.54) is 0 Å². The first-order chi connectivity index (χ1) is 10.2. The molecule has 0 bridgehead atoms. The molecule has 1 fully saturated rings. The molecule has 0 unspecified atom stereocenters. The Kier molecular flexibility index (Phi) is 4.57. The van der Waals surface area contributed by atoms with Gasteiger partial charge in [-0.05, 0) is 44.0 Å². The summed E-state index contributed by atoms with van der Waals surface area (Å²) in [7, 11) is 0. The number of hydrogen-bond acceptors (Lipinski definition) is 3. The second kappa shape index (κ2) is 5.96. The Balaban J connectivity index is 2.30. The molecule has 0 spiro atoms. The molecule has 0 aromatic heterocycles. The maximum Gasteiger partial charge on any atom is 0.328 e. The average molecular weight is 304 g/mol. The summed E-state index contributed by atoms with van der Waals surface area (Å²) in [6.07, 6.45) is 0.905. The van der Waals surface area contributed by atoms with E-state index >= 15 is 0 Å². The van der Waals surface area contributed by atoms with Gasteiger partial charge >= 0.3 is 12.9 Å². The third kappa shape index (κ3) is 3.30. The van der Waals surface area contributed by atoms with Crippen molar-refractivity contribution >= 4 is 18.3 Å². The number of aliphatic carboxylic acids is 1. The Bertz CT molecular complexity index is 550. The molecule has 1 heterocycles. The van der Waals surface area contributed by atoms with Crippen molar-refractivity contribution in [1.29, 1.82) is 0 Å². The molecular weight excluding hydrogens is 279 g/mol. The second-order valence-corrected chi connectivity index (χ2v) is 7.08. The van der Waals surface area contributed by atoms with E-state index in [0.29, 0.717) is 17.9 Å². The van der Waals surface area contributed by atoms with E-state index in [1.807, 2.05) is 25.1 Å². The van der Waals surface area contributed by atoms with Gasteiger partial charge in [-0.3, -0.25) is 4.79 Å². The van der Waals surface area contributed by atoms with E-state index in [2.05, 4.69) is 27.7 Å². The van der Waals surface area contributed by atoms with Gasteiger partial charge in [-0.25, -0.2) is 0 Å². The fourth-order valence-corrected chi connectivity index (χ4v) is 2.82. The molecule has 120 valence electrons. The number of carboxylic acids is 1. The normalized spacial score (nSPS) is 19.2. The lowest BCUT2D eigenvalue weighted by atomic mass is 9.54. The molecule has 1 saturated heterocycles. The largest absolute Gasteiger partial charge is 0.494 e. The maximum absolute atomic E-state index is 11.0. The van der Waals surface area contributed by atoms with E-state index in [0.717, 1.165) is 11.8 Å². The first kappa shape index (κ1) is 16.9. The molecule has 1 aromatic carbocycles. The lowest BCUT2D eigenvalue weighted by Gasteiger charge is -2.34. The summed E-state index contributed by atoms with van der Waals surface area (Å²) in [5.74, 6) is -0.207. The number of benzene rings is 1. The molecule has 1 aliphatic rings. The van der Waals surface area contributed by atoms with Crippen molar-refractivity contribution in [2.24, 2.45) is 5.41 Å². The van der Waals surface area contributed by atoms with Crippen LogP contribution in [0.15, 0.2) is 18.2 Å². The minimum absolute atomic E-state index is 0.0167. The summed E-state index contributed by atoms with van der Waals surface area (Å²) < 4.78 is 11.9. The quantitative estimate of drug-likeness (QED) is 0.850. The Morgan fingerprint density at radius 2 is 2.05 bits per heavy atom. The predicted octanol–water partition coefficient (Wildman–Crippen LogP) is 2.75. The van der Waals surface area contributed by atoms with Gasteiger partial charge in [-0.2, -0.15) is 0 Å². The molecular formula is C17H25BO4. The van der Waals surface area contributed by atoms with E-state index in [-0.39, 0.29) is 24.4 Å². The number of carboxylic acid groups (broad SMARTS) is 1. The van der Waals surface area contributed by atoms with Crippen LogP contribution in [0.1, 0.15) is 40.2 Å². The van der Waals surface area contributed by atoms with Crippen LogP contribution < -0.4 is 10.2 Å². The van der Waals surface area contributed by atoms with Gasteiger partial charge in [0.05, 0.1) is 18.6 Å². The zero-order valence-electron chi connectivity index (χ0n) is 14.1. The second-order valence-electron chi connectivity index (χ2n) is 7.08. The molecule has 1 aromatic rings. The molecule has 5 heteroatoms. The van der Waals surface area contributed by atoms with Gasteiger partial charge in [0.25, 0.3) is 0 Å². The van der Waals surface area contributed by atoms with Crippen molar-refractivity contribution in [3.63, 3.8) is 0 Å². The van der Waals surface area contributed by atoms with Crippen molar-refractivity contribution in [1.82, 2.24) is 0 Å². The van der Waals surface area contributed by atoms with Crippen LogP contribution in [0.25, 0.3) is 0 Å². The van der Waals surface area contributed by atoms with Crippen LogP contribution in [0.2, 0.25) is 6.32 Å². The van der Waals surface area contributed by atoms with Crippen molar-refractivity contribution < 1.29 is 19.3 Å². The van der Waals surface area contributed by atoms with Crippen LogP contribution in [-0.2, 0) is 15.9 Å². The third-order valence-corrected chi connectivity index (χ3v) is 4.87. The van der Waals surface area contributed by atoms with Gasteiger partial charge in [-0.1, -0.05) is 26.0 Å². The molecule has 0 amide bonds. The predicted molar refractivity (Wildman–Crippen MR) is 88.1 cm³/mol. The number of carbonyl (C=O) groups is 1. The average Bonchev–Trinajstić information content (AvgIpc) is 2.60. The van der Waals surface area contributed by atoms with E-state index < -0.39 is 5.97 Å². The Morgan fingerprint density at radius 3 is 2.55 bits per heavy atom. The Morgan fingerprint density at radius 1 is 1.36 bits per heavy atom. The maximum atomic E-state index is 11.0. The topological polar surface area (TPSA) is 55.8 Å². The Hall–Kier alpha value is -1.49. The smallest absolute Gasteiger partial charge is 0.328 e. The van der Waals surface area contributed by atoms with Gasteiger partial charge in [0, 0.05) is 5.56 Å². The van der Waals surface area contributed by atoms with Crippen LogP contribution in [0.3, 0.4) is 0 Å². The minimum atomic E-state index is -0.854. The lowest BCUT2D eigenvalue weighted by molar-refractivity contribution is -0.136. The third-order valence-electron chi connectivity index (χ3n) is 4.87. The fourth-order valence-electron chi connectivity index (χ4n) is 2.82. The van der Waals surface area contributed by atoms with Crippen LogP contribution in [0, 0.1) is 5.41 Å². The standard InChI is InChI=1S/C17H25BO4/c1-6-21-14-10-13(8-7-12(14)9-15(19)20)18-11-16(2,3)17(4,5)22-18/h7-8,10H,6,9,11H2,1-5H3,(H,19,20). The zero-order chi connectivity index (χ0) is 16.5. The van der Waals surface area contributed by atoms with Crippen LogP contribution in [0.5, 0.6) is 5.75 Å². The number of hydrogen-bond donors (Lipinski definition) is 1. The highest BCUT2D eigenvalue weighted by molar-refractivity contribution is 6.68. The summed E-state index contributed by atoms with van der Waals surface area (Å²) in [6.45, 7) is 11.1. The minimum Gasteiger partial charge on any atom is -0.494 e. The first-order valence-electron chi connectivity index (χ1n) is 7.81. The van der Waals surface area contributed by atoms with Gasteiger partial charge in [0.15, 0.2) is 0 Å². The van der Waals surface area contributed by atoms with Crippen molar-refractivity contribution in [3.8, 4) is 5.75 Å². The van der Waals surface area contributed by atoms with Crippen LogP contribution in [0.4, 0.5) is 0 Å². The van der Waals surface area contributed by atoms with Crippen LogP contribution >= 0.6 is 0 Å². The molecule has 4 nitrogen and oxygen atoms in total. The van der Waals surface area contributed by atoms with Gasteiger partial charge in [0.2, 0.25) is 0 Å². The molecule has 22 heavy (non-hydrogen) atoms. The molecule has 0 saturated carbocycles. The van der Waals surface area contributed by atoms with Gasteiger partial charge in [-0.15, -0.1) is 0 Å². The number of ether oxygens (including phenoxy) is 1. The molecule has 0 radical (unpaired) electrons. The summed E-state index contributed by atoms with van der Waals surface area (Å²) in [5.41, 5.74) is 1.65. The molecule has 0 aliphatic carbocycles. The molecule has 0 atom stereocenters. The first-order valence-corrected chi connectivity index (χ1v) is 7.81. The number of rotatable bonds is 5. The van der Waals surface area contributed by atoms with Gasteiger partial charge < -0.3 is 14.5 Å². The van der Waals surface area contributed by atoms with E-state index in [9.17, 15) is 4.79 Å². The SMILES string of the molecule is CCOc1cc(B2CC(C)(C)C(C)(C)O2)ccc1CC(=O)O. The van der Waals surface area contributed by atoms with E-state index in [4.69, 9.17) is 14.5 Å². The highest BCUT2D eigenvalue weighted by Gasteiger charge is 2.49. The lowest BCUT2D eigenvalue weighted by Crippen LogP contribution is -2.36.